The SMILES string of the molecule is O=C(CN(C1CCCCC1)S(=O)(=O)c1ccc(Cl)cc1)NCc1ccco1. The van der Waals surface area contributed by atoms with Gasteiger partial charge in [0.05, 0.1) is 24.2 Å². The minimum Gasteiger partial charge on any atom is -0.467 e. The van der Waals surface area contributed by atoms with Crippen LogP contribution in [0.3, 0.4) is 0 Å². The maximum Gasteiger partial charge on any atom is 0.243 e. The molecule has 0 aliphatic heterocycles. The van der Waals surface area contributed by atoms with E-state index < -0.39 is 10.0 Å². The van der Waals surface area contributed by atoms with E-state index in [-0.39, 0.29) is 29.9 Å². The average Bonchev–Trinajstić information content (AvgIpc) is 3.19. The molecule has 0 bridgehead atoms. The number of rotatable bonds is 7. The van der Waals surface area contributed by atoms with Crippen molar-refractivity contribution in [2.45, 2.75) is 49.6 Å². The van der Waals surface area contributed by atoms with E-state index in [9.17, 15) is 13.2 Å². The Morgan fingerprint density at radius 3 is 2.48 bits per heavy atom. The largest absolute Gasteiger partial charge is 0.467 e. The highest BCUT2D eigenvalue weighted by atomic mass is 35.5. The molecule has 1 heterocycles. The minimum atomic E-state index is -3.79. The number of nitrogens with one attached hydrogen (secondary N) is 1. The summed E-state index contributed by atoms with van der Waals surface area (Å²) in [5, 5.41) is 3.19. The number of hydrogen-bond acceptors (Lipinski definition) is 4. The van der Waals surface area contributed by atoms with Crippen LogP contribution >= 0.6 is 11.6 Å². The van der Waals surface area contributed by atoms with Gasteiger partial charge in [-0.2, -0.15) is 4.31 Å². The number of hydrogen-bond donors (Lipinski definition) is 1. The highest BCUT2D eigenvalue weighted by Gasteiger charge is 2.33. The van der Waals surface area contributed by atoms with Gasteiger partial charge in [-0.3, -0.25) is 4.79 Å². The summed E-state index contributed by atoms with van der Waals surface area (Å²) >= 11 is 5.88. The maximum atomic E-state index is 13.2. The Hall–Kier alpha value is -1.83. The second-order valence-corrected chi connectivity index (χ2v) is 8.98. The number of amides is 1. The van der Waals surface area contributed by atoms with Gasteiger partial charge in [-0.15, -0.1) is 0 Å². The van der Waals surface area contributed by atoms with Crippen LogP contribution in [0.1, 0.15) is 37.9 Å². The van der Waals surface area contributed by atoms with Crippen LogP contribution in [0.15, 0.2) is 52.0 Å². The predicted octanol–water partition coefficient (Wildman–Crippen LogP) is 3.57. The molecule has 0 atom stereocenters. The molecule has 3 rings (SSSR count). The van der Waals surface area contributed by atoms with Crippen molar-refractivity contribution >= 4 is 27.5 Å². The Morgan fingerprint density at radius 2 is 1.85 bits per heavy atom. The maximum absolute atomic E-state index is 13.2. The monoisotopic (exact) mass is 410 g/mol. The van der Waals surface area contributed by atoms with Gasteiger partial charge in [0.15, 0.2) is 0 Å². The summed E-state index contributed by atoms with van der Waals surface area (Å²) in [6, 6.07) is 9.37. The highest BCUT2D eigenvalue weighted by molar-refractivity contribution is 7.89. The van der Waals surface area contributed by atoms with Gasteiger partial charge in [0, 0.05) is 11.1 Å². The van der Waals surface area contributed by atoms with Crippen molar-refractivity contribution in [2.24, 2.45) is 0 Å². The third kappa shape index (κ3) is 5.12. The Balaban J connectivity index is 1.77. The first-order valence-corrected chi connectivity index (χ1v) is 10.8. The highest BCUT2D eigenvalue weighted by Crippen LogP contribution is 2.28. The smallest absolute Gasteiger partial charge is 0.243 e. The van der Waals surface area contributed by atoms with Crippen LogP contribution in [-0.4, -0.2) is 31.2 Å². The van der Waals surface area contributed by atoms with Gasteiger partial charge in [0.2, 0.25) is 15.9 Å². The standard InChI is InChI=1S/C19H23ClN2O4S/c20-15-8-10-18(11-9-15)27(24,25)22(16-5-2-1-3-6-16)14-19(23)21-13-17-7-4-12-26-17/h4,7-12,16H,1-3,5-6,13-14H2,(H,21,23). The molecule has 8 heteroatoms. The number of carbonyl (C=O) groups is 1. The van der Waals surface area contributed by atoms with Crippen LogP contribution in [0.2, 0.25) is 5.02 Å². The van der Waals surface area contributed by atoms with E-state index in [0.29, 0.717) is 10.8 Å². The summed E-state index contributed by atoms with van der Waals surface area (Å²) in [4.78, 5) is 12.6. The number of sulfonamides is 1. The molecule has 1 aliphatic rings. The fraction of sp³-hybridized carbons (Fsp3) is 0.421. The number of halogens is 1. The number of nitrogens with zero attached hydrogens (tertiary/aromatic N) is 1. The van der Waals surface area contributed by atoms with Crippen molar-refractivity contribution < 1.29 is 17.6 Å². The average molecular weight is 411 g/mol. The van der Waals surface area contributed by atoms with E-state index in [0.717, 1.165) is 32.1 Å². The first kappa shape index (κ1) is 19.9. The topological polar surface area (TPSA) is 79.6 Å². The van der Waals surface area contributed by atoms with Gasteiger partial charge < -0.3 is 9.73 Å². The van der Waals surface area contributed by atoms with E-state index in [1.807, 2.05) is 0 Å². The quantitative estimate of drug-likeness (QED) is 0.756. The van der Waals surface area contributed by atoms with Crippen LogP contribution in [-0.2, 0) is 21.4 Å². The lowest BCUT2D eigenvalue weighted by molar-refractivity contribution is -0.122. The molecule has 2 aromatic rings. The molecule has 1 amide bonds. The third-order valence-electron chi connectivity index (χ3n) is 4.74. The van der Waals surface area contributed by atoms with Crippen molar-refractivity contribution in [1.82, 2.24) is 9.62 Å². The Morgan fingerprint density at radius 1 is 1.15 bits per heavy atom. The first-order chi connectivity index (χ1) is 13.0. The summed E-state index contributed by atoms with van der Waals surface area (Å²) in [7, 11) is -3.79. The summed E-state index contributed by atoms with van der Waals surface area (Å²) in [5.74, 6) is 0.266. The second kappa shape index (κ2) is 8.91. The van der Waals surface area contributed by atoms with Crippen molar-refractivity contribution in [2.75, 3.05) is 6.54 Å². The Kier molecular flexibility index (Phi) is 6.57. The molecule has 1 aromatic heterocycles. The van der Waals surface area contributed by atoms with E-state index >= 15 is 0 Å². The molecular formula is C19H23ClN2O4S. The molecule has 0 saturated heterocycles. The number of benzene rings is 1. The second-order valence-electron chi connectivity index (χ2n) is 6.65. The summed E-state index contributed by atoms with van der Waals surface area (Å²) in [6.45, 7) is 0.0155. The zero-order valence-corrected chi connectivity index (χ0v) is 16.5. The van der Waals surface area contributed by atoms with Crippen LogP contribution in [0.5, 0.6) is 0 Å². The number of carbonyl (C=O) groups excluding carboxylic acids is 1. The van der Waals surface area contributed by atoms with Gasteiger partial charge in [-0.25, -0.2) is 8.42 Å². The lowest BCUT2D eigenvalue weighted by Crippen LogP contribution is -2.46. The summed E-state index contributed by atoms with van der Waals surface area (Å²) in [6.07, 6.45) is 6.07. The zero-order valence-electron chi connectivity index (χ0n) is 14.9. The molecule has 6 nitrogen and oxygen atoms in total. The van der Waals surface area contributed by atoms with Crippen molar-refractivity contribution in [3.63, 3.8) is 0 Å². The van der Waals surface area contributed by atoms with E-state index in [2.05, 4.69) is 5.32 Å². The number of furan rings is 1. The van der Waals surface area contributed by atoms with Crippen LogP contribution < -0.4 is 5.32 Å². The van der Waals surface area contributed by atoms with Crippen molar-refractivity contribution in [3.05, 3.63) is 53.4 Å². The molecule has 27 heavy (non-hydrogen) atoms. The van der Waals surface area contributed by atoms with E-state index in [1.165, 1.54) is 22.7 Å². The fourth-order valence-corrected chi connectivity index (χ4v) is 5.08. The van der Waals surface area contributed by atoms with Crippen LogP contribution in [0.25, 0.3) is 0 Å². The molecule has 0 spiro atoms. The first-order valence-electron chi connectivity index (χ1n) is 9.03. The van der Waals surface area contributed by atoms with E-state index in [1.54, 1.807) is 24.3 Å². The normalized spacial score (nSPS) is 15.8. The molecule has 0 unspecified atom stereocenters. The lowest BCUT2D eigenvalue weighted by atomic mass is 9.95. The molecule has 1 saturated carbocycles. The Labute approximate surface area is 164 Å². The molecule has 146 valence electrons. The fourth-order valence-electron chi connectivity index (χ4n) is 3.32. The minimum absolute atomic E-state index is 0.149. The predicted molar refractivity (Wildman–Crippen MR) is 103 cm³/mol. The van der Waals surface area contributed by atoms with Gasteiger partial charge in [-0.05, 0) is 49.2 Å². The third-order valence-corrected chi connectivity index (χ3v) is 6.91. The van der Waals surface area contributed by atoms with Gasteiger partial charge in [-0.1, -0.05) is 30.9 Å². The van der Waals surface area contributed by atoms with Gasteiger partial charge in [0.1, 0.15) is 5.76 Å². The molecule has 0 radical (unpaired) electrons. The summed E-state index contributed by atoms with van der Waals surface area (Å²) < 4.78 is 32.9. The molecule has 1 fully saturated rings. The lowest BCUT2D eigenvalue weighted by Gasteiger charge is -2.33. The van der Waals surface area contributed by atoms with Gasteiger partial charge in [0.25, 0.3) is 0 Å². The summed E-state index contributed by atoms with van der Waals surface area (Å²) in [5.41, 5.74) is 0. The van der Waals surface area contributed by atoms with Crippen LogP contribution in [0.4, 0.5) is 0 Å². The Bertz CT molecular complexity index is 844. The molecule has 1 aromatic carbocycles. The molecular weight excluding hydrogens is 388 g/mol. The van der Waals surface area contributed by atoms with Crippen molar-refractivity contribution in [1.29, 1.82) is 0 Å². The molecule has 1 aliphatic carbocycles. The van der Waals surface area contributed by atoms with E-state index in [4.69, 9.17) is 16.0 Å². The molecule has 1 N–H and O–H groups in total. The van der Waals surface area contributed by atoms with Gasteiger partial charge >= 0.3 is 0 Å². The van der Waals surface area contributed by atoms with Crippen LogP contribution in [0, 0.1) is 0 Å². The van der Waals surface area contributed by atoms with Crippen molar-refractivity contribution in [3.8, 4) is 0 Å². The zero-order chi connectivity index (χ0) is 19.3.